The Hall–Kier alpha value is -0.730. The van der Waals surface area contributed by atoms with Gasteiger partial charge in [0, 0.05) is 13.1 Å². The van der Waals surface area contributed by atoms with Crippen molar-refractivity contribution in [3.63, 3.8) is 0 Å². The third kappa shape index (κ3) is 8.44. The fraction of sp³-hybridized carbons (Fsp3) is 0.941. The number of unbranched alkanes of at least 4 members (excludes halogenated alkanes) is 11. The normalized spacial score (nSPS) is 14.8. The second-order valence-corrected chi connectivity index (χ2v) is 6.12. The average molecular weight is 281 g/mol. The van der Waals surface area contributed by atoms with Gasteiger partial charge in [-0.25, -0.2) is 0 Å². The zero-order chi connectivity index (χ0) is 14.5. The zero-order valence-electron chi connectivity index (χ0n) is 13.6. The first-order valence-corrected chi connectivity index (χ1v) is 8.89. The molecule has 0 saturated heterocycles. The van der Waals surface area contributed by atoms with Crippen LogP contribution in [-0.2, 0) is 0 Å². The first-order chi connectivity index (χ1) is 9.84. The number of hydrogen-bond donors (Lipinski definition) is 1. The van der Waals surface area contributed by atoms with Crippen LogP contribution < -0.4 is 5.73 Å². The maximum atomic E-state index is 5.79. The first-order valence-electron chi connectivity index (χ1n) is 8.89. The van der Waals surface area contributed by atoms with Crippen molar-refractivity contribution in [2.75, 3.05) is 19.6 Å². The van der Waals surface area contributed by atoms with Crippen molar-refractivity contribution >= 4 is 5.96 Å². The Labute approximate surface area is 126 Å². The summed E-state index contributed by atoms with van der Waals surface area (Å²) < 4.78 is 0. The number of rotatable bonds is 13. The smallest absolute Gasteiger partial charge is 0.191 e. The lowest BCUT2D eigenvalue weighted by Gasteiger charge is -2.16. The Bertz CT molecular complexity index is 251. The molecule has 0 saturated carbocycles. The van der Waals surface area contributed by atoms with Crippen LogP contribution >= 0.6 is 0 Å². The van der Waals surface area contributed by atoms with Crippen LogP contribution in [0.3, 0.4) is 0 Å². The summed E-state index contributed by atoms with van der Waals surface area (Å²) >= 11 is 0. The molecule has 0 aromatic heterocycles. The molecule has 0 fully saturated rings. The second kappa shape index (κ2) is 12.0. The lowest BCUT2D eigenvalue weighted by molar-refractivity contribution is 0.426. The predicted molar refractivity (Wildman–Crippen MR) is 89.1 cm³/mol. The van der Waals surface area contributed by atoms with Gasteiger partial charge in [-0.05, 0) is 6.42 Å². The Kier molecular flexibility index (Phi) is 10.4. The van der Waals surface area contributed by atoms with Crippen LogP contribution in [0.4, 0.5) is 0 Å². The van der Waals surface area contributed by atoms with E-state index in [4.69, 9.17) is 5.73 Å². The van der Waals surface area contributed by atoms with E-state index >= 15 is 0 Å². The van der Waals surface area contributed by atoms with Gasteiger partial charge in [0.1, 0.15) is 0 Å². The van der Waals surface area contributed by atoms with E-state index < -0.39 is 0 Å². The van der Waals surface area contributed by atoms with Gasteiger partial charge in [0.2, 0.25) is 0 Å². The molecule has 0 radical (unpaired) electrons. The van der Waals surface area contributed by atoms with Crippen molar-refractivity contribution < 1.29 is 0 Å². The Morgan fingerprint density at radius 1 is 0.850 bits per heavy atom. The molecule has 3 nitrogen and oxygen atoms in total. The van der Waals surface area contributed by atoms with Gasteiger partial charge in [-0.3, -0.25) is 4.99 Å². The maximum absolute atomic E-state index is 5.79. The van der Waals surface area contributed by atoms with E-state index in [1.165, 1.54) is 77.0 Å². The monoisotopic (exact) mass is 281 g/mol. The van der Waals surface area contributed by atoms with E-state index in [1.54, 1.807) is 0 Å². The molecule has 1 aliphatic heterocycles. The largest absolute Gasteiger partial charge is 0.370 e. The number of aliphatic imine (C=N–C) groups is 1. The van der Waals surface area contributed by atoms with E-state index in [2.05, 4.69) is 16.8 Å². The number of nitrogens with zero attached hydrogens (tertiary/aromatic N) is 2. The van der Waals surface area contributed by atoms with Gasteiger partial charge in [-0.15, -0.1) is 0 Å². The van der Waals surface area contributed by atoms with Crippen LogP contribution in [0, 0.1) is 0 Å². The summed E-state index contributed by atoms with van der Waals surface area (Å²) in [5.74, 6) is 0.757. The van der Waals surface area contributed by atoms with Crippen molar-refractivity contribution in [3.8, 4) is 0 Å². The van der Waals surface area contributed by atoms with Gasteiger partial charge in [-0.1, -0.05) is 77.6 Å². The molecule has 0 amide bonds. The number of hydrogen-bond acceptors (Lipinski definition) is 3. The number of nitrogens with two attached hydrogens (primary N) is 1. The van der Waals surface area contributed by atoms with Crippen molar-refractivity contribution in [2.45, 2.75) is 84.0 Å². The Balaban J connectivity index is 1.73. The van der Waals surface area contributed by atoms with Crippen LogP contribution in [0.5, 0.6) is 0 Å². The van der Waals surface area contributed by atoms with Crippen LogP contribution in [0.25, 0.3) is 0 Å². The molecule has 0 aromatic carbocycles. The van der Waals surface area contributed by atoms with Gasteiger partial charge < -0.3 is 10.6 Å². The van der Waals surface area contributed by atoms with Gasteiger partial charge in [0.25, 0.3) is 0 Å². The molecule has 0 unspecified atom stereocenters. The van der Waals surface area contributed by atoms with Gasteiger partial charge in [-0.2, -0.15) is 0 Å². The van der Waals surface area contributed by atoms with E-state index in [0.29, 0.717) is 0 Å². The van der Waals surface area contributed by atoms with Crippen molar-refractivity contribution in [1.82, 2.24) is 4.90 Å². The van der Waals surface area contributed by atoms with Crippen molar-refractivity contribution in [1.29, 1.82) is 0 Å². The fourth-order valence-electron chi connectivity index (χ4n) is 2.87. The summed E-state index contributed by atoms with van der Waals surface area (Å²) in [5, 5.41) is 0. The molecule has 118 valence electrons. The molecule has 20 heavy (non-hydrogen) atoms. The quantitative estimate of drug-likeness (QED) is 0.511. The first kappa shape index (κ1) is 17.3. The standard InChI is InChI=1S/C17H35N3/c1-2-3-4-5-6-7-8-9-10-11-12-13-15-20-16-14-19-17(20)18/h2-16H2,1H3,(H2,18,19). The molecule has 0 spiro atoms. The Morgan fingerprint density at radius 2 is 1.35 bits per heavy atom. The third-order valence-electron chi connectivity index (χ3n) is 4.25. The SMILES string of the molecule is CCCCCCCCCCCCCCN1CCN=C1N. The minimum atomic E-state index is 0.757. The molecule has 3 heteroatoms. The molecule has 1 heterocycles. The second-order valence-electron chi connectivity index (χ2n) is 6.12. The van der Waals surface area contributed by atoms with Crippen molar-refractivity contribution in [3.05, 3.63) is 0 Å². The van der Waals surface area contributed by atoms with Crippen LogP contribution in [0.2, 0.25) is 0 Å². The lowest BCUT2D eigenvalue weighted by Crippen LogP contribution is -2.34. The van der Waals surface area contributed by atoms with Crippen LogP contribution in [0.15, 0.2) is 4.99 Å². The zero-order valence-corrected chi connectivity index (χ0v) is 13.6. The van der Waals surface area contributed by atoms with E-state index in [1.807, 2.05) is 0 Å². The molecule has 1 rings (SSSR count). The minimum Gasteiger partial charge on any atom is -0.370 e. The highest BCUT2D eigenvalue weighted by Gasteiger charge is 2.11. The summed E-state index contributed by atoms with van der Waals surface area (Å²) in [7, 11) is 0. The fourth-order valence-corrected chi connectivity index (χ4v) is 2.87. The molecule has 0 bridgehead atoms. The molecule has 0 aliphatic carbocycles. The summed E-state index contributed by atoms with van der Waals surface area (Å²) in [5.41, 5.74) is 5.79. The molecule has 2 N–H and O–H groups in total. The van der Waals surface area contributed by atoms with Crippen LogP contribution in [-0.4, -0.2) is 30.5 Å². The average Bonchev–Trinajstić information content (AvgIpc) is 2.85. The van der Waals surface area contributed by atoms with Gasteiger partial charge >= 0.3 is 0 Å². The summed E-state index contributed by atoms with van der Waals surface area (Å²) in [4.78, 5) is 6.43. The highest BCUT2D eigenvalue weighted by atomic mass is 15.3. The van der Waals surface area contributed by atoms with Crippen LogP contribution in [0.1, 0.15) is 84.0 Å². The number of guanidine groups is 1. The lowest BCUT2D eigenvalue weighted by atomic mass is 10.1. The third-order valence-corrected chi connectivity index (χ3v) is 4.25. The highest BCUT2D eigenvalue weighted by molar-refractivity contribution is 5.79. The summed E-state index contributed by atoms with van der Waals surface area (Å²) in [6.45, 7) is 5.31. The summed E-state index contributed by atoms with van der Waals surface area (Å²) in [6, 6.07) is 0. The molecular formula is C17H35N3. The van der Waals surface area contributed by atoms with Gasteiger partial charge in [0.15, 0.2) is 5.96 Å². The van der Waals surface area contributed by atoms with Crippen molar-refractivity contribution in [2.24, 2.45) is 10.7 Å². The summed E-state index contributed by atoms with van der Waals surface area (Å²) in [6.07, 6.45) is 16.9. The minimum absolute atomic E-state index is 0.757. The molecule has 0 aromatic rings. The Morgan fingerprint density at radius 3 is 1.80 bits per heavy atom. The van der Waals surface area contributed by atoms with E-state index in [0.717, 1.165) is 25.6 Å². The maximum Gasteiger partial charge on any atom is 0.191 e. The van der Waals surface area contributed by atoms with E-state index in [9.17, 15) is 0 Å². The molecule has 0 atom stereocenters. The highest BCUT2D eigenvalue weighted by Crippen LogP contribution is 2.12. The molecule has 1 aliphatic rings. The van der Waals surface area contributed by atoms with Gasteiger partial charge in [0.05, 0.1) is 6.54 Å². The predicted octanol–water partition coefficient (Wildman–Crippen LogP) is 4.32. The van der Waals surface area contributed by atoms with E-state index in [-0.39, 0.29) is 0 Å². The molecular weight excluding hydrogens is 246 g/mol. The topological polar surface area (TPSA) is 41.6 Å².